The van der Waals surface area contributed by atoms with Crippen LogP contribution in [0.3, 0.4) is 0 Å². The van der Waals surface area contributed by atoms with Crippen molar-refractivity contribution in [2.75, 3.05) is 13.7 Å². The molecule has 2 N–H and O–H groups in total. The minimum Gasteiger partial charge on any atom is -0.497 e. The number of aromatic nitrogens is 1. The van der Waals surface area contributed by atoms with Gasteiger partial charge in [-0.1, -0.05) is 13.8 Å². The van der Waals surface area contributed by atoms with E-state index in [0.29, 0.717) is 34.6 Å². The maximum absolute atomic E-state index is 12.5. The molecule has 0 aliphatic rings. The van der Waals surface area contributed by atoms with Crippen molar-refractivity contribution in [3.8, 4) is 11.5 Å². The molecule has 0 spiro atoms. The topological polar surface area (TPSA) is 97.8 Å². The number of thiazole rings is 1. The van der Waals surface area contributed by atoms with E-state index in [4.69, 9.17) is 14.6 Å². The van der Waals surface area contributed by atoms with Crippen LogP contribution < -0.4 is 14.8 Å². The van der Waals surface area contributed by atoms with Crippen LogP contribution >= 0.6 is 11.3 Å². The molecule has 0 radical (unpaired) electrons. The molecule has 0 saturated carbocycles. The summed E-state index contributed by atoms with van der Waals surface area (Å²) >= 11 is 1.18. The molecule has 2 rings (SSSR count). The van der Waals surface area contributed by atoms with Crippen LogP contribution in [0.2, 0.25) is 0 Å². The largest absolute Gasteiger partial charge is 0.497 e. The molecule has 8 heteroatoms. The van der Waals surface area contributed by atoms with Crippen LogP contribution in [0.4, 0.5) is 0 Å². The Morgan fingerprint density at radius 2 is 2.12 bits per heavy atom. The summed E-state index contributed by atoms with van der Waals surface area (Å²) in [7, 11) is 1.55. The highest BCUT2D eigenvalue weighted by atomic mass is 32.1. The number of hydrogen-bond acceptors (Lipinski definition) is 6. The van der Waals surface area contributed by atoms with Crippen LogP contribution in [0, 0.1) is 5.92 Å². The standard InChI is InChI=1S/C17H20N2O5S/c1-10(2)8-24-14-6-11(23-3)4-5-12(14)16(20)18-7-15-19-13(9-25-15)17(21)22/h4-6,9-10H,7-8H2,1-3H3,(H,18,20)(H,21,22). The van der Waals surface area contributed by atoms with Crippen molar-refractivity contribution in [2.45, 2.75) is 20.4 Å². The van der Waals surface area contributed by atoms with Crippen molar-refractivity contribution in [2.24, 2.45) is 5.92 Å². The van der Waals surface area contributed by atoms with Gasteiger partial charge in [0.1, 0.15) is 16.5 Å². The second-order valence-electron chi connectivity index (χ2n) is 5.68. The molecule has 0 aliphatic carbocycles. The summed E-state index contributed by atoms with van der Waals surface area (Å²) in [6, 6.07) is 4.99. The molecule has 1 amide bonds. The van der Waals surface area contributed by atoms with E-state index in [1.807, 2.05) is 13.8 Å². The predicted octanol–water partition coefficient (Wildman–Crippen LogP) is 2.81. The Morgan fingerprint density at radius 1 is 1.36 bits per heavy atom. The number of ether oxygens (including phenoxy) is 2. The van der Waals surface area contributed by atoms with Crippen LogP contribution in [0.5, 0.6) is 11.5 Å². The van der Waals surface area contributed by atoms with Gasteiger partial charge in [0.2, 0.25) is 0 Å². The molecule has 1 heterocycles. The Morgan fingerprint density at radius 3 is 2.72 bits per heavy atom. The van der Waals surface area contributed by atoms with E-state index >= 15 is 0 Å². The van der Waals surface area contributed by atoms with Gasteiger partial charge >= 0.3 is 5.97 Å². The molecule has 0 unspecified atom stereocenters. The number of benzene rings is 1. The molecular formula is C17H20N2O5S. The number of amides is 1. The van der Waals surface area contributed by atoms with E-state index in [1.54, 1.807) is 25.3 Å². The fourth-order valence-electron chi connectivity index (χ4n) is 1.93. The average molecular weight is 364 g/mol. The molecule has 25 heavy (non-hydrogen) atoms. The highest BCUT2D eigenvalue weighted by Crippen LogP contribution is 2.25. The maximum atomic E-state index is 12.5. The lowest BCUT2D eigenvalue weighted by Gasteiger charge is -2.14. The first-order valence-corrected chi connectivity index (χ1v) is 8.55. The number of carbonyl (C=O) groups excluding carboxylic acids is 1. The average Bonchev–Trinajstić information content (AvgIpc) is 3.06. The number of hydrogen-bond donors (Lipinski definition) is 2. The molecule has 7 nitrogen and oxygen atoms in total. The number of methoxy groups -OCH3 is 1. The van der Waals surface area contributed by atoms with Gasteiger partial charge in [0.25, 0.3) is 5.91 Å². The Bertz CT molecular complexity index is 757. The van der Waals surface area contributed by atoms with Crippen LogP contribution in [-0.2, 0) is 6.54 Å². The SMILES string of the molecule is COc1ccc(C(=O)NCc2nc(C(=O)O)cs2)c(OCC(C)C)c1. The van der Waals surface area contributed by atoms with Gasteiger partial charge in [-0.2, -0.15) is 0 Å². The molecule has 1 aromatic heterocycles. The van der Waals surface area contributed by atoms with E-state index in [-0.39, 0.29) is 18.1 Å². The number of carboxylic acids is 1. The van der Waals surface area contributed by atoms with E-state index in [1.165, 1.54) is 16.7 Å². The first-order valence-electron chi connectivity index (χ1n) is 7.67. The third-order valence-electron chi connectivity index (χ3n) is 3.18. The van der Waals surface area contributed by atoms with Gasteiger partial charge in [-0.3, -0.25) is 4.79 Å². The summed E-state index contributed by atoms with van der Waals surface area (Å²) in [5.74, 6) is -0.0639. The first-order chi connectivity index (χ1) is 11.9. The van der Waals surface area contributed by atoms with Gasteiger partial charge in [-0.05, 0) is 18.1 Å². The zero-order valence-corrected chi connectivity index (χ0v) is 15.1. The number of carboxylic acid groups (broad SMARTS) is 1. The van der Waals surface area contributed by atoms with Gasteiger partial charge in [-0.15, -0.1) is 11.3 Å². The van der Waals surface area contributed by atoms with E-state index in [9.17, 15) is 9.59 Å². The van der Waals surface area contributed by atoms with Crippen LogP contribution in [0.15, 0.2) is 23.6 Å². The molecule has 1 aromatic carbocycles. The molecule has 134 valence electrons. The molecule has 2 aromatic rings. The Kier molecular flexibility index (Phi) is 6.35. The molecule has 0 bridgehead atoms. The van der Waals surface area contributed by atoms with Crippen molar-refractivity contribution in [1.29, 1.82) is 0 Å². The quantitative estimate of drug-likeness (QED) is 0.747. The fraction of sp³-hybridized carbons (Fsp3) is 0.353. The minimum atomic E-state index is -1.09. The predicted molar refractivity (Wildman–Crippen MR) is 93.6 cm³/mol. The number of nitrogens with zero attached hydrogens (tertiary/aromatic N) is 1. The van der Waals surface area contributed by atoms with Gasteiger partial charge in [0.15, 0.2) is 5.69 Å². The smallest absolute Gasteiger partial charge is 0.355 e. The lowest BCUT2D eigenvalue weighted by atomic mass is 10.1. The molecule has 0 fully saturated rings. The third kappa shape index (κ3) is 5.18. The zero-order valence-electron chi connectivity index (χ0n) is 14.2. The molecule has 0 atom stereocenters. The normalized spacial score (nSPS) is 10.6. The fourth-order valence-corrected chi connectivity index (χ4v) is 2.64. The summed E-state index contributed by atoms with van der Waals surface area (Å²) < 4.78 is 10.9. The number of rotatable bonds is 8. The summed E-state index contributed by atoms with van der Waals surface area (Å²) in [4.78, 5) is 27.2. The van der Waals surface area contributed by atoms with Crippen molar-refractivity contribution in [1.82, 2.24) is 10.3 Å². The second kappa shape index (κ2) is 8.48. The second-order valence-corrected chi connectivity index (χ2v) is 6.62. The van der Waals surface area contributed by atoms with Crippen molar-refractivity contribution >= 4 is 23.2 Å². The van der Waals surface area contributed by atoms with Crippen LogP contribution in [0.1, 0.15) is 39.7 Å². The van der Waals surface area contributed by atoms with Crippen molar-refractivity contribution in [3.63, 3.8) is 0 Å². The highest BCUT2D eigenvalue weighted by molar-refractivity contribution is 7.09. The van der Waals surface area contributed by atoms with E-state index in [0.717, 1.165) is 0 Å². The van der Waals surface area contributed by atoms with Gasteiger partial charge < -0.3 is 19.9 Å². The number of carbonyl (C=O) groups is 2. The zero-order chi connectivity index (χ0) is 18.4. The Balaban J connectivity index is 2.09. The van der Waals surface area contributed by atoms with Crippen LogP contribution in [-0.4, -0.2) is 35.7 Å². The maximum Gasteiger partial charge on any atom is 0.355 e. The summed E-state index contributed by atoms with van der Waals surface area (Å²) in [6.07, 6.45) is 0. The number of nitrogens with one attached hydrogen (secondary N) is 1. The van der Waals surface area contributed by atoms with E-state index in [2.05, 4.69) is 10.3 Å². The molecular weight excluding hydrogens is 344 g/mol. The lowest BCUT2D eigenvalue weighted by Crippen LogP contribution is -2.24. The summed E-state index contributed by atoms with van der Waals surface area (Å²) in [5, 5.41) is 13.6. The van der Waals surface area contributed by atoms with Crippen molar-refractivity contribution in [3.05, 3.63) is 39.8 Å². The molecule has 0 saturated heterocycles. The van der Waals surface area contributed by atoms with Gasteiger partial charge in [0.05, 0.1) is 25.8 Å². The Hall–Kier alpha value is -2.61. The summed E-state index contributed by atoms with van der Waals surface area (Å²) in [5.41, 5.74) is 0.358. The first kappa shape index (κ1) is 18.7. The van der Waals surface area contributed by atoms with Crippen molar-refractivity contribution < 1.29 is 24.2 Å². The Labute approximate surface area is 149 Å². The highest BCUT2D eigenvalue weighted by Gasteiger charge is 2.15. The monoisotopic (exact) mass is 364 g/mol. The van der Waals surface area contributed by atoms with Gasteiger partial charge in [-0.25, -0.2) is 9.78 Å². The molecule has 0 aliphatic heterocycles. The lowest BCUT2D eigenvalue weighted by molar-refractivity contribution is 0.0691. The third-order valence-corrected chi connectivity index (χ3v) is 4.03. The van der Waals surface area contributed by atoms with E-state index < -0.39 is 5.97 Å². The minimum absolute atomic E-state index is 0.0281. The number of aromatic carboxylic acids is 1. The van der Waals surface area contributed by atoms with Crippen LogP contribution in [0.25, 0.3) is 0 Å². The summed E-state index contributed by atoms with van der Waals surface area (Å²) in [6.45, 7) is 4.65. The van der Waals surface area contributed by atoms with Gasteiger partial charge in [0, 0.05) is 11.4 Å².